The van der Waals surface area contributed by atoms with Crippen molar-refractivity contribution in [3.05, 3.63) is 29.8 Å². The molecule has 3 nitrogen and oxygen atoms in total. The Morgan fingerprint density at radius 3 is 2.80 bits per heavy atom. The van der Waals surface area contributed by atoms with Gasteiger partial charge in [-0.05, 0) is 31.5 Å². The second-order valence-corrected chi connectivity index (χ2v) is 3.53. The average molecular weight is 208 g/mol. The molecule has 0 aliphatic carbocycles. The fourth-order valence-electron chi connectivity index (χ4n) is 1.28. The van der Waals surface area contributed by atoms with Gasteiger partial charge in [0.1, 0.15) is 11.9 Å². The van der Waals surface area contributed by atoms with Crippen molar-refractivity contribution in [1.82, 2.24) is 0 Å². The molecular weight excluding hydrogens is 192 g/mol. The molecule has 0 saturated carbocycles. The Kier molecular flexibility index (Phi) is 4.16. The van der Waals surface area contributed by atoms with Crippen LogP contribution in [0.4, 0.5) is 0 Å². The van der Waals surface area contributed by atoms with Crippen LogP contribution in [0.15, 0.2) is 24.3 Å². The number of aryl methyl sites for hydroxylation is 1. The van der Waals surface area contributed by atoms with Gasteiger partial charge in [0, 0.05) is 0 Å². The molecule has 3 heteroatoms. The van der Waals surface area contributed by atoms with Crippen molar-refractivity contribution in [2.75, 3.05) is 7.11 Å². The van der Waals surface area contributed by atoms with Crippen LogP contribution in [0.3, 0.4) is 0 Å². The fourth-order valence-corrected chi connectivity index (χ4v) is 1.28. The Labute approximate surface area is 90.0 Å². The number of methoxy groups -OCH3 is 1. The second-order valence-electron chi connectivity index (χ2n) is 3.53. The van der Waals surface area contributed by atoms with Gasteiger partial charge in [0.25, 0.3) is 0 Å². The first-order valence-corrected chi connectivity index (χ1v) is 4.92. The number of carbonyl (C=O) groups excluding carboxylic acids is 1. The van der Waals surface area contributed by atoms with Crippen molar-refractivity contribution in [2.45, 2.75) is 26.4 Å². The van der Waals surface area contributed by atoms with Crippen molar-refractivity contribution in [2.24, 2.45) is 0 Å². The highest BCUT2D eigenvalue weighted by molar-refractivity contribution is 5.69. The summed E-state index contributed by atoms with van der Waals surface area (Å²) in [5.41, 5.74) is 1.14. The molecule has 0 N–H and O–H groups in total. The summed E-state index contributed by atoms with van der Waals surface area (Å²) in [7, 11) is 1.38. The van der Waals surface area contributed by atoms with Crippen molar-refractivity contribution in [1.29, 1.82) is 0 Å². The van der Waals surface area contributed by atoms with Crippen LogP contribution in [-0.4, -0.2) is 19.2 Å². The lowest BCUT2D eigenvalue weighted by atomic mass is 10.2. The van der Waals surface area contributed by atoms with Crippen molar-refractivity contribution in [3.8, 4) is 5.75 Å². The summed E-state index contributed by atoms with van der Waals surface area (Å²) in [5, 5.41) is 0. The molecule has 0 saturated heterocycles. The molecule has 0 aliphatic heterocycles. The molecule has 0 heterocycles. The fraction of sp³-hybridized carbons (Fsp3) is 0.417. The molecule has 0 amide bonds. The zero-order chi connectivity index (χ0) is 11.3. The van der Waals surface area contributed by atoms with E-state index in [1.807, 2.05) is 38.1 Å². The van der Waals surface area contributed by atoms with E-state index in [1.54, 1.807) is 0 Å². The summed E-state index contributed by atoms with van der Waals surface area (Å²) in [6, 6.07) is 7.74. The van der Waals surface area contributed by atoms with E-state index in [4.69, 9.17) is 4.74 Å². The van der Waals surface area contributed by atoms with Crippen molar-refractivity contribution < 1.29 is 14.3 Å². The predicted octanol–water partition coefficient (Wildman–Crippen LogP) is 2.33. The van der Waals surface area contributed by atoms with Crippen LogP contribution in [0.25, 0.3) is 0 Å². The molecular formula is C12H16O3. The van der Waals surface area contributed by atoms with Gasteiger partial charge < -0.3 is 9.47 Å². The molecule has 0 aromatic heterocycles. The first-order chi connectivity index (χ1) is 7.11. The average Bonchev–Trinajstić information content (AvgIpc) is 2.17. The summed E-state index contributed by atoms with van der Waals surface area (Å²) >= 11 is 0. The van der Waals surface area contributed by atoms with Crippen molar-refractivity contribution in [3.63, 3.8) is 0 Å². The summed E-state index contributed by atoms with van der Waals surface area (Å²) in [4.78, 5) is 11.0. The third-order valence-corrected chi connectivity index (χ3v) is 2.01. The van der Waals surface area contributed by atoms with E-state index in [2.05, 4.69) is 4.74 Å². The molecule has 82 valence electrons. The first kappa shape index (κ1) is 11.6. The summed E-state index contributed by atoms with van der Waals surface area (Å²) in [6.07, 6.45) is 0.101. The Balaban J connectivity index is 2.51. The zero-order valence-corrected chi connectivity index (χ0v) is 9.32. The minimum Gasteiger partial charge on any atom is -0.490 e. The van der Waals surface area contributed by atoms with Crippen LogP contribution in [0.2, 0.25) is 0 Å². The van der Waals surface area contributed by atoms with Crippen LogP contribution in [0, 0.1) is 6.92 Å². The highest BCUT2D eigenvalue weighted by atomic mass is 16.5. The maximum Gasteiger partial charge on any atom is 0.309 e. The number of esters is 1. The van der Waals surface area contributed by atoms with Gasteiger partial charge in [0.2, 0.25) is 0 Å². The van der Waals surface area contributed by atoms with E-state index in [9.17, 15) is 4.79 Å². The van der Waals surface area contributed by atoms with Crippen LogP contribution in [0.5, 0.6) is 5.75 Å². The number of benzene rings is 1. The number of ether oxygens (including phenoxy) is 2. The van der Waals surface area contributed by atoms with E-state index in [0.29, 0.717) is 0 Å². The lowest BCUT2D eigenvalue weighted by Crippen LogP contribution is -2.17. The minimum absolute atomic E-state index is 0.167. The zero-order valence-electron chi connectivity index (χ0n) is 9.32. The summed E-state index contributed by atoms with van der Waals surface area (Å²) < 4.78 is 10.1. The van der Waals surface area contributed by atoms with Gasteiger partial charge in [-0.3, -0.25) is 4.79 Å². The Hall–Kier alpha value is -1.51. The lowest BCUT2D eigenvalue weighted by molar-refractivity contribution is -0.142. The smallest absolute Gasteiger partial charge is 0.309 e. The van der Waals surface area contributed by atoms with Gasteiger partial charge in [0.05, 0.1) is 13.5 Å². The largest absolute Gasteiger partial charge is 0.490 e. The molecule has 1 aromatic carbocycles. The SMILES string of the molecule is COC(=O)CC(C)Oc1cccc(C)c1. The predicted molar refractivity (Wildman–Crippen MR) is 57.9 cm³/mol. The summed E-state index contributed by atoms with van der Waals surface area (Å²) in [6.45, 7) is 3.84. The van der Waals surface area contributed by atoms with E-state index in [-0.39, 0.29) is 18.5 Å². The highest BCUT2D eigenvalue weighted by Gasteiger charge is 2.10. The standard InChI is InChI=1S/C12H16O3/c1-9-5-4-6-11(7-9)15-10(2)8-12(13)14-3/h4-7,10H,8H2,1-3H3. The maximum absolute atomic E-state index is 11.0. The van der Waals surface area contributed by atoms with Gasteiger partial charge >= 0.3 is 5.97 Å². The molecule has 0 radical (unpaired) electrons. The van der Waals surface area contributed by atoms with E-state index in [1.165, 1.54) is 7.11 Å². The topological polar surface area (TPSA) is 35.5 Å². The molecule has 15 heavy (non-hydrogen) atoms. The molecule has 1 atom stereocenters. The van der Waals surface area contributed by atoms with E-state index < -0.39 is 0 Å². The normalized spacial score (nSPS) is 11.9. The third kappa shape index (κ3) is 4.02. The Bertz CT molecular complexity index is 333. The van der Waals surface area contributed by atoms with Gasteiger partial charge in [-0.2, -0.15) is 0 Å². The monoisotopic (exact) mass is 208 g/mol. The minimum atomic E-state index is -0.254. The van der Waals surface area contributed by atoms with E-state index in [0.717, 1.165) is 11.3 Å². The van der Waals surface area contributed by atoms with Crippen LogP contribution >= 0.6 is 0 Å². The Morgan fingerprint density at radius 2 is 2.20 bits per heavy atom. The van der Waals surface area contributed by atoms with Crippen LogP contribution < -0.4 is 4.74 Å². The molecule has 0 aliphatic rings. The quantitative estimate of drug-likeness (QED) is 0.712. The summed E-state index contributed by atoms with van der Waals surface area (Å²) in [5.74, 6) is 0.529. The van der Waals surface area contributed by atoms with Gasteiger partial charge in [-0.25, -0.2) is 0 Å². The Morgan fingerprint density at radius 1 is 1.47 bits per heavy atom. The molecule has 1 aromatic rings. The number of rotatable bonds is 4. The highest BCUT2D eigenvalue weighted by Crippen LogP contribution is 2.15. The molecule has 0 spiro atoms. The van der Waals surface area contributed by atoms with Gasteiger partial charge in [-0.1, -0.05) is 12.1 Å². The van der Waals surface area contributed by atoms with E-state index >= 15 is 0 Å². The maximum atomic E-state index is 11.0. The molecule has 1 rings (SSSR count). The number of carbonyl (C=O) groups is 1. The molecule has 0 fully saturated rings. The number of hydrogen-bond donors (Lipinski definition) is 0. The third-order valence-electron chi connectivity index (χ3n) is 2.01. The van der Waals surface area contributed by atoms with Crippen LogP contribution in [0.1, 0.15) is 18.9 Å². The van der Waals surface area contributed by atoms with Gasteiger partial charge in [-0.15, -0.1) is 0 Å². The first-order valence-electron chi connectivity index (χ1n) is 4.92. The lowest BCUT2D eigenvalue weighted by Gasteiger charge is -2.13. The van der Waals surface area contributed by atoms with Crippen molar-refractivity contribution >= 4 is 5.97 Å². The molecule has 1 unspecified atom stereocenters. The second kappa shape index (κ2) is 5.39. The van der Waals surface area contributed by atoms with Gasteiger partial charge in [0.15, 0.2) is 0 Å². The van der Waals surface area contributed by atoms with Crippen LogP contribution in [-0.2, 0) is 9.53 Å². The molecule has 0 bridgehead atoms. The number of hydrogen-bond acceptors (Lipinski definition) is 3.